The average Bonchev–Trinajstić information content (AvgIpc) is 2.98. The van der Waals surface area contributed by atoms with Crippen molar-refractivity contribution in [2.45, 2.75) is 19.8 Å². The molecule has 1 aromatic heterocycles. The lowest BCUT2D eigenvalue weighted by molar-refractivity contribution is -0.117. The molecule has 2 amide bonds. The first-order chi connectivity index (χ1) is 9.47. The Morgan fingerprint density at radius 3 is 2.60 bits per heavy atom. The van der Waals surface area contributed by atoms with Crippen molar-refractivity contribution < 1.29 is 9.59 Å². The molecule has 1 aromatic rings. The maximum atomic E-state index is 11.9. The number of nitrogens with one attached hydrogen (secondary N) is 1. The lowest BCUT2D eigenvalue weighted by Gasteiger charge is -2.12. The largest absolute Gasteiger partial charge is 0.344 e. The normalized spacial score (nSPS) is 15.3. The first-order valence-corrected chi connectivity index (χ1v) is 7.50. The van der Waals surface area contributed by atoms with Crippen molar-refractivity contribution in [3.05, 3.63) is 10.6 Å². The van der Waals surface area contributed by atoms with Crippen LogP contribution in [0.1, 0.15) is 28.2 Å². The molecule has 1 N–H and O–H groups in total. The summed E-state index contributed by atoms with van der Waals surface area (Å²) >= 11 is 1.23. The molecule has 0 saturated carbocycles. The lowest BCUT2D eigenvalue weighted by atomic mass is 10.3. The van der Waals surface area contributed by atoms with E-state index in [1.165, 1.54) is 16.2 Å². The standard InChI is InChI=1S/C13H20N4O2S/c1-9-11(12(19)16(2)3)20-13(14-9)15-10(18)8-17-6-4-5-7-17/h4-8H2,1-3H3,(H,14,15,18). The van der Waals surface area contributed by atoms with Gasteiger partial charge in [0.05, 0.1) is 12.2 Å². The summed E-state index contributed by atoms with van der Waals surface area (Å²) in [6.07, 6.45) is 2.32. The molecule has 0 atom stereocenters. The monoisotopic (exact) mass is 296 g/mol. The van der Waals surface area contributed by atoms with E-state index in [4.69, 9.17) is 0 Å². The van der Waals surface area contributed by atoms with Crippen LogP contribution < -0.4 is 5.32 Å². The van der Waals surface area contributed by atoms with E-state index in [-0.39, 0.29) is 11.8 Å². The van der Waals surface area contributed by atoms with Gasteiger partial charge in [-0.15, -0.1) is 0 Å². The van der Waals surface area contributed by atoms with Crippen molar-refractivity contribution in [3.8, 4) is 0 Å². The fourth-order valence-corrected chi connectivity index (χ4v) is 3.16. The van der Waals surface area contributed by atoms with Gasteiger partial charge in [-0.3, -0.25) is 14.5 Å². The molecule has 0 bridgehead atoms. The second-order valence-corrected chi connectivity index (χ2v) is 6.16. The summed E-state index contributed by atoms with van der Waals surface area (Å²) in [5, 5.41) is 3.28. The van der Waals surface area contributed by atoms with Crippen molar-refractivity contribution in [1.82, 2.24) is 14.8 Å². The number of amides is 2. The quantitative estimate of drug-likeness (QED) is 0.906. The number of hydrogen-bond donors (Lipinski definition) is 1. The van der Waals surface area contributed by atoms with E-state index < -0.39 is 0 Å². The van der Waals surface area contributed by atoms with Gasteiger partial charge in [-0.05, 0) is 32.9 Å². The third kappa shape index (κ3) is 3.55. The molecule has 0 aromatic carbocycles. The maximum Gasteiger partial charge on any atom is 0.265 e. The highest BCUT2D eigenvalue weighted by molar-refractivity contribution is 7.17. The summed E-state index contributed by atoms with van der Waals surface area (Å²) in [7, 11) is 3.40. The molecule has 20 heavy (non-hydrogen) atoms. The zero-order valence-electron chi connectivity index (χ0n) is 12.1. The number of carbonyl (C=O) groups excluding carboxylic acids is 2. The highest BCUT2D eigenvalue weighted by atomic mass is 32.1. The van der Waals surface area contributed by atoms with E-state index in [9.17, 15) is 9.59 Å². The van der Waals surface area contributed by atoms with Gasteiger partial charge >= 0.3 is 0 Å². The Labute approximate surface area is 122 Å². The minimum atomic E-state index is -0.0833. The van der Waals surface area contributed by atoms with Gasteiger partial charge in [0, 0.05) is 14.1 Å². The molecule has 7 heteroatoms. The molecule has 2 rings (SSSR count). The van der Waals surface area contributed by atoms with Gasteiger partial charge in [0.15, 0.2) is 5.13 Å². The summed E-state index contributed by atoms with van der Waals surface area (Å²) in [6, 6.07) is 0. The summed E-state index contributed by atoms with van der Waals surface area (Å²) in [4.78, 5) is 32.3. The maximum absolute atomic E-state index is 11.9. The Morgan fingerprint density at radius 1 is 1.35 bits per heavy atom. The molecule has 0 unspecified atom stereocenters. The fourth-order valence-electron chi connectivity index (χ4n) is 2.15. The number of aryl methyl sites for hydroxylation is 1. The Kier molecular flexibility index (Phi) is 4.72. The molecule has 6 nitrogen and oxygen atoms in total. The molecule has 2 heterocycles. The molecule has 1 saturated heterocycles. The van der Waals surface area contributed by atoms with Crippen LogP contribution in [-0.2, 0) is 4.79 Å². The van der Waals surface area contributed by atoms with Gasteiger partial charge in [0.25, 0.3) is 5.91 Å². The topological polar surface area (TPSA) is 65.5 Å². The Bertz CT molecular complexity index is 506. The number of thiazole rings is 1. The first-order valence-electron chi connectivity index (χ1n) is 6.68. The summed E-state index contributed by atoms with van der Waals surface area (Å²) in [5.74, 6) is -0.149. The smallest absolute Gasteiger partial charge is 0.265 e. The molecule has 0 radical (unpaired) electrons. The van der Waals surface area contributed by atoms with Gasteiger partial charge < -0.3 is 10.2 Å². The average molecular weight is 296 g/mol. The number of aromatic nitrogens is 1. The van der Waals surface area contributed by atoms with Crippen LogP contribution in [0.4, 0.5) is 5.13 Å². The molecule has 1 aliphatic heterocycles. The summed E-state index contributed by atoms with van der Waals surface area (Å²) in [6.45, 7) is 4.14. The van der Waals surface area contributed by atoms with Crippen LogP contribution in [0.3, 0.4) is 0 Å². The van der Waals surface area contributed by atoms with Crippen LogP contribution >= 0.6 is 11.3 Å². The van der Waals surface area contributed by atoms with Gasteiger partial charge in [-0.1, -0.05) is 11.3 Å². The summed E-state index contributed by atoms with van der Waals surface area (Å²) in [5.41, 5.74) is 0.658. The zero-order chi connectivity index (χ0) is 14.7. The zero-order valence-corrected chi connectivity index (χ0v) is 12.9. The van der Waals surface area contributed by atoms with Crippen LogP contribution in [0.25, 0.3) is 0 Å². The second-order valence-electron chi connectivity index (χ2n) is 5.16. The molecular formula is C13H20N4O2S. The highest BCUT2D eigenvalue weighted by Crippen LogP contribution is 2.23. The number of hydrogen-bond acceptors (Lipinski definition) is 5. The second kappa shape index (κ2) is 6.32. The van der Waals surface area contributed by atoms with E-state index in [2.05, 4.69) is 15.2 Å². The number of anilines is 1. The van der Waals surface area contributed by atoms with Gasteiger partial charge in [-0.25, -0.2) is 4.98 Å². The number of rotatable bonds is 4. The van der Waals surface area contributed by atoms with E-state index in [1.807, 2.05) is 0 Å². The van der Waals surface area contributed by atoms with Crippen LogP contribution in [-0.4, -0.2) is 60.3 Å². The molecule has 0 aliphatic carbocycles. The minimum Gasteiger partial charge on any atom is -0.344 e. The Hall–Kier alpha value is -1.47. The van der Waals surface area contributed by atoms with Crippen LogP contribution in [0.5, 0.6) is 0 Å². The number of carbonyl (C=O) groups is 2. The van der Waals surface area contributed by atoms with E-state index in [0.717, 1.165) is 25.9 Å². The minimum absolute atomic E-state index is 0.0653. The van der Waals surface area contributed by atoms with Crippen LogP contribution in [0, 0.1) is 6.92 Å². The fraction of sp³-hybridized carbons (Fsp3) is 0.615. The molecule has 0 spiro atoms. The van der Waals surface area contributed by atoms with Crippen molar-refractivity contribution in [1.29, 1.82) is 0 Å². The predicted molar refractivity (Wildman–Crippen MR) is 79.2 cm³/mol. The number of likely N-dealkylation sites (tertiary alicyclic amines) is 1. The summed E-state index contributed by atoms with van der Waals surface area (Å²) < 4.78 is 0. The number of nitrogens with zero attached hydrogens (tertiary/aromatic N) is 3. The molecule has 1 aliphatic rings. The Balaban J connectivity index is 1.97. The third-order valence-corrected chi connectivity index (χ3v) is 4.27. The van der Waals surface area contributed by atoms with Crippen molar-refractivity contribution in [2.75, 3.05) is 39.0 Å². The molecule has 110 valence electrons. The first kappa shape index (κ1) is 14.9. The SMILES string of the molecule is Cc1nc(NC(=O)CN2CCCC2)sc1C(=O)N(C)C. The van der Waals surface area contributed by atoms with Gasteiger partial charge in [-0.2, -0.15) is 0 Å². The van der Waals surface area contributed by atoms with E-state index in [1.54, 1.807) is 21.0 Å². The van der Waals surface area contributed by atoms with E-state index in [0.29, 0.717) is 22.2 Å². The lowest BCUT2D eigenvalue weighted by Crippen LogP contribution is -2.30. The highest BCUT2D eigenvalue weighted by Gasteiger charge is 2.19. The van der Waals surface area contributed by atoms with Crippen molar-refractivity contribution in [2.24, 2.45) is 0 Å². The van der Waals surface area contributed by atoms with Crippen LogP contribution in [0.2, 0.25) is 0 Å². The Morgan fingerprint density at radius 2 is 2.00 bits per heavy atom. The van der Waals surface area contributed by atoms with Gasteiger partial charge in [0.2, 0.25) is 5.91 Å². The van der Waals surface area contributed by atoms with Crippen LogP contribution in [0.15, 0.2) is 0 Å². The van der Waals surface area contributed by atoms with Crippen molar-refractivity contribution >= 4 is 28.3 Å². The molecule has 1 fully saturated rings. The van der Waals surface area contributed by atoms with E-state index >= 15 is 0 Å². The predicted octanol–water partition coefficient (Wildman–Crippen LogP) is 1.19. The molecular weight excluding hydrogens is 276 g/mol. The van der Waals surface area contributed by atoms with Crippen molar-refractivity contribution in [3.63, 3.8) is 0 Å². The third-order valence-electron chi connectivity index (χ3n) is 3.21. The van der Waals surface area contributed by atoms with Gasteiger partial charge in [0.1, 0.15) is 4.88 Å².